The molecular weight excluding hydrogens is 235 g/mol. The van der Waals surface area contributed by atoms with Crippen LogP contribution in [0.2, 0.25) is 0 Å². The Hall–Kier alpha value is -1.12. The molecule has 0 aliphatic heterocycles. The molecule has 1 aromatic carbocycles. The van der Waals surface area contributed by atoms with Gasteiger partial charge >= 0.3 is 0 Å². The zero-order chi connectivity index (χ0) is 11.2. The summed E-state index contributed by atoms with van der Waals surface area (Å²) >= 11 is 11.3. The lowest BCUT2D eigenvalue weighted by molar-refractivity contribution is 0.0987. The fraction of sp³-hybridized carbons (Fsp3) is 0.0909. The summed E-state index contributed by atoms with van der Waals surface area (Å²) < 4.78 is 0. The number of Topliss-reactive ketones (excluding diaryl/α,β-unsaturated/α-hetero) is 2. The lowest BCUT2D eigenvalue weighted by Crippen LogP contribution is -2.17. The molecule has 0 spiro atoms. The van der Waals surface area contributed by atoms with Gasteiger partial charge in [-0.2, -0.15) is 0 Å². The minimum Gasteiger partial charge on any atom is -0.288 e. The summed E-state index contributed by atoms with van der Waals surface area (Å²) in [6.07, 6.45) is 0. The molecule has 15 heavy (non-hydrogen) atoms. The molecule has 2 nitrogen and oxygen atoms in total. The van der Waals surface area contributed by atoms with Gasteiger partial charge in [-0.05, 0) is 19.1 Å². The van der Waals surface area contributed by atoms with Crippen molar-refractivity contribution in [1.29, 1.82) is 0 Å². The monoisotopic (exact) mass is 240 g/mol. The van der Waals surface area contributed by atoms with Gasteiger partial charge in [-0.25, -0.2) is 0 Å². The van der Waals surface area contributed by atoms with Crippen LogP contribution in [-0.2, 0) is 0 Å². The summed E-state index contributed by atoms with van der Waals surface area (Å²) in [7, 11) is 0. The molecular formula is C11H6Cl2O2. The summed E-state index contributed by atoms with van der Waals surface area (Å²) in [5.41, 5.74) is 1.55. The number of halogens is 2. The molecule has 4 heteroatoms. The highest BCUT2D eigenvalue weighted by Crippen LogP contribution is 2.30. The Labute approximate surface area is 96.5 Å². The van der Waals surface area contributed by atoms with Crippen molar-refractivity contribution in [3.05, 3.63) is 45.0 Å². The van der Waals surface area contributed by atoms with E-state index in [1.165, 1.54) is 0 Å². The molecule has 0 N–H and O–H groups in total. The second-order valence-corrected chi connectivity index (χ2v) is 4.09. The first-order valence-electron chi connectivity index (χ1n) is 4.27. The third-order valence-electron chi connectivity index (χ3n) is 2.26. The van der Waals surface area contributed by atoms with Crippen molar-refractivity contribution in [3.63, 3.8) is 0 Å². The van der Waals surface area contributed by atoms with E-state index >= 15 is 0 Å². The Morgan fingerprint density at radius 1 is 0.933 bits per heavy atom. The van der Waals surface area contributed by atoms with Gasteiger partial charge in [0.25, 0.3) is 0 Å². The number of carbonyl (C=O) groups is 2. The van der Waals surface area contributed by atoms with Crippen molar-refractivity contribution in [1.82, 2.24) is 0 Å². The SMILES string of the molecule is Cc1ccc2c(c1)C(=O)C(Cl)=C(Cl)C2=O. The number of aryl methyl sites for hydroxylation is 1. The smallest absolute Gasteiger partial charge is 0.206 e. The maximum absolute atomic E-state index is 11.7. The van der Waals surface area contributed by atoms with Crippen LogP contribution in [0.15, 0.2) is 28.3 Å². The minimum atomic E-state index is -0.392. The second-order valence-electron chi connectivity index (χ2n) is 3.34. The maximum atomic E-state index is 11.7. The van der Waals surface area contributed by atoms with Crippen LogP contribution in [-0.4, -0.2) is 11.6 Å². The number of allylic oxidation sites excluding steroid dienone is 2. The van der Waals surface area contributed by atoms with Gasteiger partial charge in [0.2, 0.25) is 11.6 Å². The Kier molecular flexibility index (Phi) is 2.41. The number of rotatable bonds is 0. The first-order valence-corrected chi connectivity index (χ1v) is 5.03. The number of fused-ring (bicyclic) bond motifs is 1. The molecule has 1 aliphatic carbocycles. The third kappa shape index (κ3) is 1.50. The van der Waals surface area contributed by atoms with E-state index in [4.69, 9.17) is 23.2 Å². The van der Waals surface area contributed by atoms with Crippen LogP contribution in [0.4, 0.5) is 0 Å². The minimum absolute atomic E-state index is 0.195. The molecule has 0 saturated carbocycles. The van der Waals surface area contributed by atoms with E-state index in [1.807, 2.05) is 6.92 Å². The molecule has 0 amide bonds. The van der Waals surface area contributed by atoms with Crippen LogP contribution < -0.4 is 0 Å². The number of ketones is 2. The molecule has 0 bridgehead atoms. The number of hydrogen-bond acceptors (Lipinski definition) is 2. The quantitative estimate of drug-likeness (QED) is 0.699. The van der Waals surface area contributed by atoms with Crippen molar-refractivity contribution < 1.29 is 9.59 Å². The normalized spacial score (nSPS) is 15.7. The van der Waals surface area contributed by atoms with Crippen molar-refractivity contribution in [2.24, 2.45) is 0 Å². The summed E-state index contributed by atoms with van der Waals surface area (Å²) in [5.74, 6) is -0.781. The van der Waals surface area contributed by atoms with Crippen molar-refractivity contribution in [2.45, 2.75) is 6.92 Å². The van der Waals surface area contributed by atoms with Gasteiger partial charge in [0.15, 0.2) is 0 Å². The zero-order valence-corrected chi connectivity index (χ0v) is 9.32. The molecule has 0 radical (unpaired) electrons. The first-order chi connectivity index (χ1) is 7.02. The van der Waals surface area contributed by atoms with Gasteiger partial charge in [0, 0.05) is 11.1 Å². The Morgan fingerprint density at radius 3 is 2.07 bits per heavy atom. The predicted octanol–water partition coefficient (Wildman–Crippen LogP) is 3.06. The van der Waals surface area contributed by atoms with E-state index in [0.29, 0.717) is 11.1 Å². The van der Waals surface area contributed by atoms with E-state index in [2.05, 4.69) is 0 Å². The lowest BCUT2D eigenvalue weighted by Gasteiger charge is -2.14. The average molecular weight is 241 g/mol. The van der Waals surface area contributed by atoms with Gasteiger partial charge < -0.3 is 0 Å². The maximum Gasteiger partial charge on any atom is 0.206 e. The van der Waals surface area contributed by atoms with Gasteiger partial charge in [-0.15, -0.1) is 0 Å². The molecule has 0 aromatic heterocycles. The number of carbonyl (C=O) groups excluding carboxylic acids is 2. The molecule has 1 aromatic rings. The molecule has 0 unspecified atom stereocenters. The van der Waals surface area contributed by atoms with Gasteiger partial charge in [-0.1, -0.05) is 34.8 Å². The zero-order valence-electron chi connectivity index (χ0n) is 7.80. The number of hydrogen-bond donors (Lipinski definition) is 0. The van der Waals surface area contributed by atoms with E-state index < -0.39 is 5.78 Å². The molecule has 0 fully saturated rings. The van der Waals surface area contributed by atoms with Crippen LogP contribution in [0.1, 0.15) is 26.3 Å². The van der Waals surface area contributed by atoms with Crippen molar-refractivity contribution in [3.8, 4) is 0 Å². The molecule has 0 atom stereocenters. The van der Waals surface area contributed by atoms with Crippen LogP contribution >= 0.6 is 23.2 Å². The topological polar surface area (TPSA) is 34.1 Å². The van der Waals surface area contributed by atoms with Crippen LogP contribution in [0, 0.1) is 6.92 Å². The summed E-state index contributed by atoms with van der Waals surface area (Å²) in [6.45, 7) is 1.84. The standard InChI is InChI=1S/C11H6Cl2O2/c1-5-2-3-6-7(4-5)11(15)9(13)8(12)10(6)14/h2-4H,1H3. The number of benzene rings is 1. The van der Waals surface area contributed by atoms with Crippen LogP contribution in [0.25, 0.3) is 0 Å². The molecule has 0 heterocycles. The highest BCUT2D eigenvalue weighted by Gasteiger charge is 2.30. The summed E-state index contributed by atoms with van der Waals surface area (Å²) in [6, 6.07) is 4.99. The Morgan fingerprint density at radius 2 is 1.47 bits per heavy atom. The first kappa shape index (κ1) is 10.4. The molecule has 2 rings (SSSR count). The van der Waals surface area contributed by atoms with Gasteiger partial charge in [-0.3, -0.25) is 9.59 Å². The largest absolute Gasteiger partial charge is 0.288 e. The molecule has 76 valence electrons. The summed E-state index contributed by atoms with van der Waals surface area (Å²) in [5, 5.41) is -0.391. The van der Waals surface area contributed by atoms with E-state index in [1.54, 1.807) is 18.2 Å². The fourth-order valence-corrected chi connectivity index (χ4v) is 1.86. The van der Waals surface area contributed by atoms with E-state index in [-0.39, 0.29) is 15.8 Å². The van der Waals surface area contributed by atoms with Crippen molar-refractivity contribution >= 4 is 34.8 Å². The fourth-order valence-electron chi connectivity index (χ4n) is 1.48. The third-order valence-corrected chi connectivity index (χ3v) is 3.07. The predicted molar refractivity (Wildman–Crippen MR) is 58.6 cm³/mol. The van der Waals surface area contributed by atoms with Gasteiger partial charge in [0.05, 0.1) is 0 Å². The van der Waals surface area contributed by atoms with Crippen LogP contribution in [0.5, 0.6) is 0 Å². The summed E-state index contributed by atoms with van der Waals surface area (Å²) in [4.78, 5) is 23.4. The Bertz CT molecular complexity index is 515. The lowest BCUT2D eigenvalue weighted by atomic mass is 9.93. The van der Waals surface area contributed by atoms with Crippen molar-refractivity contribution in [2.75, 3.05) is 0 Å². The highest BCUT2D eigenvalue weighted by molar-refractivity contribution is 6.59. The Balaban J connectivity index is 2.73. The molecule has 1 aliphatic rings. The van der Waals surface area contributed by atoms with Crippen LogP contribution in [0.3, 0.4) is 0 Å². The van der Waals surface area contributed by atoms with E-state index in [0.717, 1.165) is 5.56 Å². The average Bonchev–Trinajstić information content (AvgIpc) is 2.23. The molecule has 0 saturated heterocycles. The highest BCUT2D eigenvalue weighted by atomic mass is 35.5. The van der Waals surface area contributed by atoms with E-state index in [9.17, 15) is 9.59 Å². The second kappa shape index (κ2) is 3.47. The van der Waals surface area contributed by atoms with Gasteiger partial charge in [0.1, 0.15) is 10.1 Å².